The fraction of sp³-hybridized carbons (Fsp3) is 0.240. The predicted molar refractivity (Wildman–Crippen MR) is 124 cm³/mol. The number of amides is 1. The van der Waals surface area contributed by atoms with Crippen LogP contribution in [0.2, 0.25) is 0 Å². The molecule has 1 unspecified atom stereocenters. The third-order valence-corrected chi connectivity index (χ3v) is 7.95. The summed E-state index contributed by atoms with van der Waals surface area (Å²) in [5.74, 6) is 1.49. The van der Waals surface area contributed by atoms with Crippen LogP contribution in [0.25, 0.3) is 0 Å². The molecule has 34 heavy (non-hydrogen) atoms. The third-order valence-electron chi connectivity index (χ3n) is 6.08. The number of nitrogens with zero attached hydrogens (tertiary/aromatic N) is 1. The summed E-state index contributed by atoms with van der Waals surface area (Å²) >= 11 is 0. The number of hydrogen-bond acceptors (Lipinski definition) is 6. The number of ether oxygens (including phenoxy) is 3. The van der Waals surface area contributed by atoms with Crippen molar-refractivity contribution in [2.45, 2.75) is 30.4 Å². The summed E-state index contributed by atoms with van der Waals surface area (Å²) in [7, 11) is -2.42. The second kappa shape index (κ2) is 9.00. The maximum Gasteiger partial charge on any atom is 0.244 e. The number of sulfonamides is 1. The molecule has 2 aliphatic heterocycles. The fourth-order valence-corrected chi connectivity index (χ4v) is 5.78. The first-order valence-electron chi connectivity index (χ1n) is 10.8. The summed E-state index contributed by atoms with van der Waals surface area (Å²) in [5, 5.41) is 2.90. The molecule has 2 heterocycles. The Kier molecular flexibility index (Phi) is 5.89. The van der Waals surface area contributed by atoms with Crippen LogP contribution in [0, 0.1) is 0 Å². The molecule has 3 aromatic carbocycles. The van der Waals surface area contributed by atoms with Gasteiger partial charge in [-0.25, -0.2) is 8.42 Å². The standard InChI is InChI=1S/C25H24N2O6S/c1-31-20-7-9-21(10-8-20)34(29,30)27-15-19-5-3-2-4-18(19)13-22(27)25(28)26-14-17-6-11-23-24(12-17)33-16-32-23/h2-12,22H,13-16H2,1H3,(H,26,28). The molecule has 2 aliphatic rings. The number of methoxy groups -OCH3 is 1. The Balaban J connectivity index is 1.41. The zero-order valence-corrected chi connectivity index (χ0v) is 19.4. The molecule has 0 bridgehead atoms. The zero-order chi connectivity index (χ0) is 23.7. The monoisotopic (exact) mass is 480 g/mol. The number of nitrogens with one attached hydrogen (secondary N) is 1. The van der Waals surface area contributed by atoms with Gasteiger partial charge in [0, 0.05) is 13.1 Å². The van der Waals surface area contributed by atoms with Crippen LogP contribution < -0.4 is 19.5 Å². The molecule has 0 saturated carbocycles. The normalized spacial score (nSPS) is 17.1. The third kappa shape index (κ3) is 4.20. The van der Waals surface area contributed by atoms with Crippen molar-refractivity contribution in [2.24, 2.45) is 0 Å². The largest absolute Gasteiger partial charge is 0.497 e. The summed E-state index contributed by atoms with van der Waals surface area (Å²) in [6.45, 7) is 0.529. The van der Waals surface area contributed by atoms with Crippen molar-refractivity contribution in [1.82, 2.24) is 9.62 Å². The van der Waals surface area contributed by atoms with Crippen LogP contribution >= 0.6 is 0 Å². The smallest absolute Gasteiger partial charge is 0.244 e. The van der Waals surface area contributed by atoms with Gasteiger partial charge in [0.1, 0.15) is 11.8 Å². The molecule has 1 atom stereocenters. The highest BCUT2D eigenvalue weighted by Gasteiger charge is 2.39. The minimum absolute atomic E-state index is 0.112. The predicted octanol–water partition coefficient (Wildman–Crippen LogP) is 2.86. The molecule has 0 aromatic heterocycles. The van der Waals surface area contributed by atoms with Gasteiger partial charge in [0.05, 0.1) is 12.0 Å². The molecular weight excluding hydrogens is 456 g/mol. The van der Waals surface area contributed by atoms with Gasteiger partial charge in [-0.15, -0.1) is 0 Å². The summed E-state index contributed by atoms with van der Waals surface area (Å²) in [6, 6.07) is 18.4. The van der Waals surface area contributed by atoms with E-state index in [1.165, 1.54) is 23.5 Å². The van der Waals surface area contributed by atoms with Crippen molar-refractivity contribution < 1.29 is 27.4 Å². The molecule has 176 valence electrons. The number of rotatable bonds is 6. The molecule has 0 saturated heterocycles. The molecule has 9 heteroatoms. The first-order valence-corrected chi connectivity index (χ1v) is 12.3. The van der Waals surface area contributed by atoms with Crippen molar-refractivity contribution in [2.75, 3.05) is 13.9 Å². The van der Waals surface area contributed by atoms with Gasteiger partial charge in [0.2, 0.25) is 22.7 Å². The maximum absolute atomic E-state index is 13.6. The second-order valence-corrected chi connectivity index (χ2v) is 10.0. The first kappa shape index (κ1) is 22.2. The van der Waals surface area contributed by atoms with Crippen LogP contribution in [0.5, 0.6) is 17.2 Å². The van der Waals surface area contributed by atoms with E-state index < -0.39 is 16.1 Å². The molecule has 0 radical (unpaired) electrons. The molecule has 8 nitrogen and oxygen atoms in total. The minimum Gasteiger partial charge on any atom is -0.497 e. The average molecular weight is 481 g/mol. The highest BCUT2D eigenvalue weighted by Crippen LogP contribution is 2.33. The van der Waals surface area contributed by atoms with E-state index in [-0.39, 0.29) is 30.7 Å². The molecule has 1 N–H and O–H groups in total. The summed E-state index contributed by atoms with van der Waals surface area (Å²) in [4.78, 5) is 13.4. The van der Waals surface area contributed by atoms with Gasteiger partial charge in [-0.1, -0.05) is 30.3 Å². The fourth-order valence-electron chi connectivity index (χ4n) is 4.22. The van der Waals surface area contributed by atoms with Crippen LogP contribution in [0.1, 0.15) is 16.7 Å². The van der Waals surface area contributed by atoms with Gasteiger partial charge in [-0.05, 0) is 59.5 Å². The molecule has 1 amide bonds. The first-order chi connectivity index (χ1) is 16.5. The lowest BCUT2D eigenvalue weighted by atomic mass is 9.95. The molecular formula is C25H24N2O6S. The van der Waals surface area contributed by atoms with Gasteiger partial charge >= 0.3 is 0 Å². The Hall–Kier alpha value is -3.56. The Morgan fingerprint density at radius 2 is 1.76 bits per heavy atom. The van der Waals surface area contributed by atoms with Gasteiger partial charge in [0.15, 0.2) is 11.5 Å². The van der Waals surface area contributed by atoms with E-state index in [1.807, 2.05) is 36.4 Å². The highest BCUT2D eigenvalue weighted by molar-refractivity contribution is 7.89. The van der Waals surface area contributed by atoms with E-state index in [0.29, 0.717) is 23.7 Å². The SMILES string of the molecule is COc1ccc(S(=O)(=O)N2Cc3ccccc3CC2C(=O)NCc2ccc3c(c2)OCO3)cc1. The molecule has 0 fully saturated rings. The number of fused-ring (bicyclic) bond motifs is 2. The Bertz CT molecular complexity index is 1320. The van der Waals surface area contributed by atoms with E-state index in [1.54, 1.807) is 18.2 Å². The van der Waals surface area contributed by atoms with Gasteiger partial charge < -0.3 is 19.5 Å². The van der Waals surface area contributed by atoms with Crippen LogP contribution in [0.4, 0.5) is 0 Å². The number of hydrogen-bond donors (Lipinski definition) is 1. The zero-order valence-electron chi connectivity index (χ0n) is 18.6. The lowest BCUT2D eigenvalue weighted by Gasteiger charge is -2.35. The van der Waals surface area contributed by atoms with Crippen LogP contribution in [-0.4, -0.2) is 38.6 Å². The Labute approximate surface area is 198 Å². The van der Waals surface area contributed by atoms with Crippen molar-refractivity contribution in [1.29, 1.82) is 0 Å². The van der Waals surface area contributed by atoms with E-state index in [0.717, 1.165) is 16.7 Å². The highest BCUT2D eigenvalue weighted by atomic mass is 32.2. The second-order valence-electron chi connectivity index (χ2n) is 8.12. The van der Waals surface area contributed by atoms with E-state index in [2.05, 4.69) is 5.32 Å². The molecule has 3 aromatic rings. The quantitative estimate of drug-likeness (QED) is 0.583. The van der Waals surface area contributed by atoms with Crippen molar-refractivity contribution in [3.63, 3.8) is 0 Å². The lowest BCUT2D eigenvalue weighted by molar-refractivity contribution is -0.125. The van der Waals surface area contributed by atoms with E-state index >= 15 is 0 Å². The maximum atomic E-state index is 13.6. The van der Waals surface area contributed by atoms with Crippen LogP contribution in [-0.2, 0) is 34.3 Å². The van der Waals surface area contributed by atoms with Crippen molar-refractivity contribution in [3.05, 3.63) is 83.4 Å². The summed E-state index contributed by atoms with van der Waals surface area (Å²) in [6.07, 6.45) is 0.290. The Morgan fingerprint density at radius 3 is 2.53 bits per heavy atom. The number of benzene rings is 3. The topological polar surface area (TPSA) is 94.2 Å². The lowest BCUT2D eigenvalue weighted by Crippen LogP contribution is -2.52. The van der Waals surface area contributed by atoms with Crippen molar-refractivity contribution >= 4 is 15.9 Å². The summed E-state index contributed by atoms with van der Waals surface area (Å²) < 4.78 is 44.3. The van der Waals surface area contributed by atoms with Crippen LogP contribution in [0.15, 0.2) is 71.6 Å². The van der Waals surface area contributed by atoms with E-state index in [9.17, 15) is 13.2 Å². The molecule has 0 spiro atoms. The summed E-state index contributed by atoms with van der Waals surface area (Å²) in [5.41, 5.74) is 2.68. The van der Waals surface area contributed by atoms with E-state index in [4.69, 9.17) is 14.2 Å². The number of carbonyl (C=O) groups is 1. The Morgan fingerprint density at radius 1 is 1.03 bits per heavy atom. The number of carbonyl (C=O) groups excluding carboxylic acids is 1. The minimum atomic E-state index is -3.93. The van der Waals surface area contributed by atoms with Gasteiger partial charge in [0.25, 0.3) is 0 Å². The van der Waals surface area contributed by atoms with Gasteiger partial charge in [-0.2, -0.15) is 4.31 Å². The molecule has 0 aliphatic carbocycles. The molecule has 5 rings (SSSR count). The van der Waals surface area contributed by atoms with Gasteiger partial charge in [-0.3, -0.25) is 4.79 Å². The average Bonchev–Trinajstić information content (AvgIpc) is 3.34. The van der Waals surface area contributed by atoms with Crippen molar-refractivity contribution in [3.8, 4) is 17.2 Å². The van der Waals surface area contributed by atoms with Crippen LogP contribution in [0.3, 0.4) is 0 Å².